The van der Waals surface area contributed by atoms with Crippen LogP contribution in [0.25, 0.3) is 10.4 Å². The maximum absolute atomic E-state index is 12.0. The Kier molecular flexibility index (Phi) is 8.69. The second-order valence-corrected chi connectivity index (χ2v) is 6.06. The number of nitrogens with two attached hydrogens (primary N) is 1. The zero-order chi connectivity index (χ0) is 19.3. The summed E-state index contributed by atoms with van der Waals surface area (Å²) in [6, 6.07) is 16.3. The Morgan fingerprint density at radius 1 is 1.07 bits per heavy atom. The number of azide groups is 1. The van der Waals surface area contributed by atoms with E-state index in [2.05, 4.69) is 10.0 Å². The fourth-order valence-corrected chi connectivity index (χ4v) is 2.41. The van der Waals surface area contributed by atoms with E-state index < -0.39 is 12.0 Å². The van der Waals surface area contributed by atoms with Gasteiger partial charge in [-0.25, -0.2) is 0 Å². The van der Waals surface area contributed by atoms with Gasteiger partial charge < -0.3 is 15.2 Å². The molecule has 7 nitrogen and oxygen atoms in total. The van der Waals surface area contributed by atoms with Crippen molar-refractivity contribution in [2.75, 3.05) is 13.2 Å². The summed E-state index contributed by atoms with van der Waals surface area (Å²) in [5.41, 5.74) is 16.0. The summed E-state index contributed by atoms with van der Waals surface area (Å²) in [4.78, 5) is 14.7. The van der Waals surface area contributed by atoms with Crippen molar-refractivity contribution >= 4 is 5.97 Å². The second kappa shape index (κ2) is 11.6. The predicted octanol–water partition coefficient (Wildman–Crippen LogP) is 3.77. The molecule has 0 saturated carbocycles. The van der Waals surface area contributed by atoms with Gasteiger partial charge in [-0.2, -0.15) is 0 Å². The predicted molar refractivity (Wildman–Crippen MR) is 103 cm³/mol. The van der Waals surface area contributed by atoms with Gasteiger partial charge in [0.05, 0.1) is 6.61 Å². The molecule has 1 atom stereocenters. The molecule has 0 aliphatic rings. The fraction of sp³-hybridized carbons (Fsp3) is 0.350. The summed E-state index contributed by atoms with van der Waals surface area (Å²) in [6.07, 6.45) is 2.01. The summed E-state index contributed by atoms with van der Waals surface area (Å²) >= 11 is 0. The molecular weight excluding hydrogens is 344 g/mol. The van der Waals surface area contributed by atoms with Crippen molar-refractivity contribution in [2.24, 2.45) is 10.8 Å². The number of nitrogens with zero attached hydrogens (tertiary/aromatic N) is 3. The summed E-state index contributed by atoms with van der Waals surface area (Å²) in [5.74, 6) is 0.335. The van der Waals surface area contributed by atoms with Gasteiger partial charge in [-0.1, -0.05) is 47.6 Å². The SMILES string of the molecule is [N-]=[N+]=NCCCCOc1ccc(CC(N)C(=O)OCc2ccccc2)cc1. The lowest BCUT2D eigenvalue weighted by Crippen LogP contribution is -2.34. The fourth-order valence-electron chi connectivity index (χ4n) is 2.41. The highest BCUT2D eigenvalue weighted by atomic mass is 16.5. The second-order valence-electron chi connectivity index (χ2n) is 6.06. The van der Waals surface area contributed by atoms with Gasteiger partial charge in [-0.15, -0.1) is 0 Å². The van der Waals surface area contributed by atoms with Gasteiger partial charge in [0.25, 0.3) is 0 Å². The monoisotopic (exact) mass is 368 g/mol. The number of esters is 1. The first-order valence-electron chi connectivity index (χ1n) is 8.88. The van der Waals surface area contributed by atoms with Crippen molar-refractivity contribution in [3.05, 3.63) is 76.2 Å². The zero-order valence-corrected chi connectivity index (χ0v) is 15.2. The van der Waals surface area contributed by atoms with Gasteiger partial charge in [0, 0.05) is 11.5 Å². The molecule has 0 amide bonds. The Morgan fingerprint density at radius 2 is 1.81 bits per heavy atom. The number of hydrogen-bond donors (Lipinski definition) is 1. The number of carbonyl (C=O) groups excluding carboxylic acids is 1. The number of carbonyl (C=O) groups is 1. The van der Waals surface area contributed by atoms with Crippen molar-refractivity contribution in [2.45, 2.75) is 31.9 Å². The van der Waals surface area contributed by atoms with Gasteiger partial charge in [-0.3, -0.25) is 4.79 Å². The van der Waals surface area contributed by atoms with Gasteiger partial charge in [0.1, 0.15) is 18.4 Å². The number of rotatable bonds is 11. The van der Waals surface area contributed by atoms with Crippen LogP contribution >= 0.6 is 0 Å². The number of benzene rings is 2. The first kappa shape index (κ1) is 20.3. The third-order valence-electron chi connectivity index (χ3n) is 3.89. The Bertz CT molecular complexity index is 744. The smallest absolute Gasteiger partial charge is 0.323 e. The standard InChI is InChI=1S/C20H24N4O3/c21-19(20(25)27-15-17-6-2-1-3-7-17)14-16-8-10-18(11-9-16)26-13-5-4-12-23-24-22/h1-3,6-11,19H,4-5,12-15,21H2. The van der Waals surface area contributed by atoms with Crippen LogP contribution in [0.3, 0.4) is 0 Å². The molecule has 0 fully saturated rings. The highest BCUT2D eigenvalue weighted by molar-refractivity contribution is 5.75. The molecule has 2 aromatic rings. The molecule has 0 aliphatic heterocycles. The van der Waals surface area contributed by atoms with E-state index in [4.69, 9.17) is 20.7 Å². The normalized spacial score (nSPS) is 11.3. The summed E-state index contributed by atoms with van der Waals surface area (Å²) in [6.45, 7) is 1.27. The average Bonchev–Trinajstić information content (AvgIpc) is 2.70. The number of unbranched alkanes of at least 4 members (excludes halogenated alkanes) is 1. The molecule has 7 heteroatoms. The Balaban J connectivity index is 1.71. The van der Waals surface area contributed by atoms with Crippen molar-refractivity contribution in [3.63, 3.8) is 0 Å². The lowest BCUT2D eigenvalue weighted by Gasteiger charge is -2.12. The van der Waals surface area contributed by atoms with Crippen LogP contribution in [0.1, 0.15) is 24.0 Å². The van der Waals surface area contributed by atoms with Crippen molar-refractivity contribution in [3.8, 4) is 5.75 Å². The molecule has 1 unspecified atom stereocenters. The van der Waals surface area contributed by atoms with Gasteiger partial charge in [0.2, 0.25) is 0 Å². The largest absolute Gasteiger partial charge is 0.494 e. The molecule has 142 valence electrons. The minimum Gasteiger partial charge on any atom is -0.494 e. The van der Waals surface area contributed by atoms with Crippen LogP contribution in [0.15, 0.2) is 59.7 Å². The quantitative estimate of drug-likeness (QED) is 0.214. The van der Waals surface area contributed by atoms with Crippen LogP contribution in [0.5, 0.6) is 5.75 Å². The van der Waals surface area contributed by atoms with E-state index in [9.17, 15) is 4.79 Å². The third kappa shape index (κ3) is 7.81. The number of hydrogen-bond acceptors (Lipinski definition) is 5. The maximum Gasteiger partial charge on any atom is 0.323 e. The Hall–Kier alpha value is -3.02. The van der Waals surface area contributed by atoms with Gasteiger partial charge >= 0.3 is 5.97 Å². The molecule has 0 aliphatic carbocycles. The van der Waals surface area contributed by atoms with Crippen LogP contribution < -0.4 is 10.5 Å². The van der Waals surface area contributed by atoms with E-state index in [1.165, 1.54) is 0 Å². The van der Waals surface area contributed by atoms with Crippen LogP contribution in [-0.2, 0) is 22.6 Å². The molecule has 2 aromatic carbocycles. The molecule has 27 heavy (non-hydrogen) atoms. The van der Waals surface area contributed by atoms with Crippen molar-refractivity contribution < 1.29 is 14.3 Å². The van der Waals surface area contributed by atoms with E-state index in [1.54, 1.807) is 0 Å². The van der Waals surface area contributed by atoms with E-state index in [-0.39, 0.29) is 6.61 Å². The Labute approximate surface area is 158 Å². The van der Waals surface area contributed by atoms with Gasteiger partial charge in [-0.05, 0) is 48.1 Å². The third-order valence-corrected chi connectivity index (χ3v) is 3.89. The summed E-state index contributed by atoms with van der Waals surface area (Å²) < 4.78 is 10.9. The first-order valence-corrected chi connectivity index (χ1v) is 8.88. The zero-order valence-electron chi connectivity index (χ0n) is 15.2. The molecule has 0 spiro atoms. The number of ether oxygens (including phenoxy) is 2. The van der Waals surface area contributed by atoms with Crippen LogP contribution in [0, 0.1) is 0 Å². The van der Waals surface area contributed by atoms with Crippen LogP contribution in [0.2, 0.25) is 0 Å². The summed E-state index contributed by atoms with van der Waals surface area (Å²) in [7, 11) is 0. The van der Waals surface area contributed by atoms with Crippen LogP contribution in [-0.4, -0.2) is 25.2 Å². The average molecular weight is 368 g/mol. The molecule has 2 rings (SSSR count). The summed E-state index contributed by atoms with van der Waals surface area (Å²) in [5, 5.41) is 3.48. The maximum atomic E-state index is 12.0. The molecule has 0 aromatic heterocycles. The Morgan fingerprint density at radius 3 is 2.52 bits per heavy atom. The molecular formula is C20H24N4O3. The van der Waals surface area contributed by atoms with Gasteiger partial charge in [0.15, 0.2) is 0 Å². The van der Waals surface area contributed by atoms with Crippen LogP contribution in [0.4, 0.5) is 0 Å². The lowest BCUT2D eigenvalue weighted by atomic mass is 10.1. The highest BCUT2D eigenvalue weighted by Gasteiger charge is 2.15. The lowest BCUT2D eigenvalue weighted by molar-refractivity contribution is -0.146. The molecule has 0 heterocycles. The van der Waals surface area contributed by atoms with E-state index in [0.29, 0.717) is 19.6 Å². The topological polar surface area (TPSA) is 110 Å². The van der Waals surface area contributed by atoms with E-state index >= 15 is 0 Å². The molecule has 2 N–H and O–H groups in total. The van der Waals surface area contributed by atoms with E-state index in [0.717, 1.165) is 29.7 Å². The molecule has 0 bridgehead atoms. The van der Waals surface area contributed by atoms with Crippen molar-refractivity contribution in [1.29, 1.82) is 0 Å². The highest BCUT2D eigenvalue weighted by Crippen LogP contribution is 2.14. The molecule has 0 saturated heterocycles. The first-order chi connectivity index (χ1) is 13.2. The van der Waals surface area contributed by atoms with Crippen molar-refractivity contribution in [1.82, 2.24) is 0 Å². The minimum atomic E-state index is -0.707. The minimum absolute atomic E-state index is 0.222. The molecule has 0 radical (unpaired) electrons. The van der Waals surface area contributed by atoms with E-state index in [1.807, 2.05) is 54.6 Å².